The highest BCUT2D eigenvalue weighted by atomic mass is 16.3. The van der Waals surface area contributed by atoms with Crippen LogP contribution >= 0.6 is 0 Å². The van der Waals surface area contributed by atoms with E-state index >= 15 is 0 Å². The van der Waals surface area contributed by atoms with Crippen LogP contribution in [0.25, 0.3) is 21.7 Å². The fraction of sp³-hybridized carbons (Fsp3) is 0.278. The summed E-state index contributed by atoms with van der Waals surface area (Å²) in [5.74, 6) is 0.375. The van der Waals surface area contributed by atoms with Crippen molar-refractivity contribution in [1.82, 2.24) is 4.90 Å². The van der Waals surface area contributed by atoms with E-state index in [0.717, 1.165) is 27.3 Å². The Balaban J connectivity index is 2.24. The van der Waals surface area contributed by atoms with Crippen molar-refractivity contribution in [3.63, 3.8) is 0 Å². The van der Waals surface area contributed by atoms with Crippen LogP contribution in [0.5, 0.6) is 0 Å². The second-order valence-electron chi connectivity index (χ2n) is 5.73. The van der Waals surface area contributed by atoms with Gasteiger partial charge in [0.2, 0.25) is 0 Å². The Bertz CT molecular complexity index is 830. The van der Waals surface area contributed by atoms with Crippen molar-refractivity contribution in [2.45, 2.75) is 26.8 Å². The number of hydrogen-bond donors (Lipinski definition) is 0. The van der Waals surface area contributed by atoms with Gasteiger partial charge in [0.15, 0.2) is 5.76 Å². The van der Waals surface area contributed by atoms with Crippen molar-refractivity contribution in [1.29, 1.82) is 0 Å². The van der Waals surface area contributed by atoms with E-state index in [1.807, 2.05) is 51.1 Å². The van der Waals surface area contributed by atoms with Crippen molar-refractivity contribution in [3.05, 3.63) is 47.7 Å². The predicted molar refractivity (Wildman–Crippen MR) is 85.7 cm³/mol. The van der Waals surface area contributed by atoms with E-state index in [9.17, 15) is 4.79 Å². The zero-order valence-electron chi connectivity index (χ0n) is 12.8. The molecule has 3 aromatic rings. The summed E-state index contributed by atoms with van der Waals surface area (Å²) in [5, 5.41) is 3.17. The number of carbonyl (C=O) groups excluding carboxylic acids is 1. The Morgan fingerprint density at radius 3 is 2.52 bits per heavy atom. The monoisotopic (exact) mass is 281 g/mol. The number of fused-ring (bicyclic) bond motifs is 3. The number of aryl methyl sites for hydroxylation is 1. The summed E-state index contributed by atoms with van der Waals surface area (Å²) in [4.78, 5) is 14.2. The summed E-state index contributed by atoms with van der Waals surface area (Å²) >= 11 is 0. The van der Waals surface area contributed by atoms with Gasteiger partial charge in [-0.15, -0.1) is 0 Å². The first kappa shape index (κ1) is 13.7. The maximum atomic E-state index is 12.5. The van der Waals surface area contributed by atoms with Crippen molar-refractivity contribution in [2.75, 3.05) is 7.05 Å². The first-order valence-electron chi connectivity index (χ1n) is 7.18. The number of hydrogen-bond acceptors (Lipinski definition) is 2. The van der Waals surface area contributed by atoms with Gasteiger partial charge in [-0.05, 0) is 26.2 Å². The highest BCUT2D eigenvalue weighted by Gasteiger charge is 2.23. The molecule has 21 heavy (non-hydrogen) atoms. The van der Waals surface area contributed by atoms with E-state index in [-0.39, 0.29) is 11.9 Å². The van der Waals surface area contributed by atoms with Gasteiger partial charge in [-0.2, -0.15) is 0 Å². The van der Waals surface area contributed by atoms with Crippen molar-refractivity contribution >= 4 is 27.6 Å². The molecule has 0 radical (unpaired) electrons. The molecule has 3 rings (SSSR count). The molecule has 0 atom stereocenters. The molecule has 0 spiro atoms. The van der Waals surface area contributed by atoms with E-state index in [4.69, 9.17) is 4.42 Å². The van der Waals surface area contributed by atoms with E-state index in [2.05, 4.69) is 6.07 Å². The molecule has 0 unspecified atom stereocenters. The minimum absolute atomic E-state index is 0.0669. The normalized spacial score (nSPS) is 11.5. The molecule has 0 fully saturated rings. The summed E-state index contributed by atoms with van der Waals surface area (Å²) in [5.41, 5.74) is 1.71. The third-order valence-corrected chi connectivity index (χ3v) is 4.12. The smallest absolute Gasteiger partial charge is 0.289 e. The van der Waals surface area contributed by atoms with Crippen LogP contribution in [-0.2, 0) is 0 Å². The van der Waals surface area contributed by atoms with E-state index in [1.54, 1.807) is 11.9 Å². The van der Waals surface area contributed by atoms with Crippen molar-refractivity contribution in [2.24, 2.45) is 0 Å². The van der Waals surface area contributed by atoms with Crippen LogP contribution in [0.2, 0.25) is 0 Å². The molecule has 1 heterocycles. The van der Waals surface area contributed by atoms with Gasteiger partial charge in [-0.3, -0.25) is 4.79 Å². The summed E-state index contributed by atoms with van der Waals surface area (Å²) in [6.45, 7) is 5.93. The number of amides is 1. The topological polar surface area (TPSA) is 33.5 Å². The molecule has 3 nitrogen and oxygen atoms in total. The number of nitrogens with zero attached hydrogens (tertiary/aromatic N) is 1. The molecule has 108 valence electrons. The van der Waals surface area contributed by atoms with Gasteiger partial charge in [0.25, 0.3) is 5.91 Å². The molecule has 0 saturated carbocycles. The zero-order valence-corrected chi connectivity index (χ0v) is 12.8. The average molecular weight is 281 g/mol. The van der Waals surface area contributed by atoms with Gasteiger partial charge in [0.1, 0.15) is 5.58 Å². The highest BCUT2D eigenvalue weighted by molar-refractivity contribution is 6.08. The van der Waals surface area contributed by atoms with Crippen LogP contribution in [-0.4, -0.2) is 23.9 Å². The molecule has 0 saturated heterocycles. The summed E-state index contributed by atoms with van der Waals surface area (Å²) in [7, 11) is 1.80. The van der Waals surface area contributed by atoms with Gasteiger partial charge >= 0.3 is 0 Å². The Labute approximate surface area is 124 Å². The standard InChI is InChI=1S/C18H19NO2/c1-11(2)19(4)18(20)16-12(3)14-10-9-13-7-5-6-8-15(13)17(14)21-16/h5-11H,1-4H3. The van der Waals surface area contributed by atoms with Crippen LogP contribution < -0.4 is 0 Å². The number of carbonyl (C=O) groups is 1. The van der Waals surface area contributed by atoms with E-state index < -0.39 is 0 Å². The Kier molecular flexibility index (Phi) is 3.20. The summed E-state index contributed by atoms with van der Waals surface area (Å²) < 4.78 is 5.95. The fourth-order valence-corrected chi connectivity index (χ4v) is 2.55. The quantitative estimate of drug-likeness (QED) is 0.698. The zero-order chi connectivity index (χ0) is 15.1. The van der Waals surface area contributed by atoms with Crippen LogP contribution in [0, 0.1) is 6.92 Å². The van der Waals surface area contributed by atoms with Gasteiger partial charge < -0.3 is 9.32 Å². The second-order valence-corrected chi connectivity index (χ2v) is 5.73. The fourth-order valence-electron chi connectivity index (χ4n) is 2.55. The highest BCUT2D eigenvalue weighted by Crippen LogP contribution is 2.32. The maximum Gasteiger partial charge on any atom is 0.289 e. The van der Waals surface area contributed by atoms with Crippen molar-refractivity contribution < 1.29 is 9.21 Å². The van der Waals surface area contributed by atoms with E-state index in [0.29, 0.717) is 5.76 Å². The summed E-state index contributed by atoms with van der Waals surface area (Å²) in [6.07, 6.45) is 0. The Morgan fingerprint density at radius 2 is 1.81 bits per heavy atom. The van der Waals surface area contributed by atoms with Crippen LogP contribution in [0.15, 0.2) is 40.8 Å². The lowest BCUT2D eigenvalue weighted by Crippen LogP contribution is -2.33. The Hall–Kier alpha value is -2.29. The third-order valence-electron chi connectivity index (χ3n) is 4.12. The van der Waals surface area contributed by atoms with Crippen LogP contribution in [0.3, 0.4) is 0 Å². The average Bonchev–Trinajstić information content (AvgIpc) is 2.83. The lowest BCUT2D eigenvalue weighted by atomic mass is 10.1. The van der Waals surface area contributed by atoms with Gasteiger partial charge in [-0.1, -0.05) is 36.4 Å². The molecule has 2 aromatic carbocycles. The van der Waals surface area contributed by atoms with Crippen LogP contribution in [0.4, 0.5) is 0 Å². The molecule has 0 aliphatic rings. The minimum Gasteiger partial charge on any atom is -0.450 e. The molecular formula is C18H19NO2. The lowest BCUT2D eigenvalue weighted by Gasteiger charge is -2.20. The molecule has 0 aliphatic carbocycles. The molecule has 3 heteroatoms. The number of benzene rings is 2. The maximum absolute atomic E-state index is 12.5. The van der Waals surface area contributed by atoms with E-state index in [1.165, 1.54) is 0 Å². The third kappa shape index (κ3) is 2.09. The SMILES string of the molecule is Cc1c(C(=O)N(C)C(C)C)oc2c1ccc1ccccc12. The van der Waals surface area contributed by atoms with Gasteiger partial charge in [-0.25, -0.2) is 0 Å². The second kappa shape index (κ2) is 4.92. The molecule has 0 aliphatic heterocycles. The van der Waals surface area contributed by atoms with Gasteiger partial charge in [0.05, 0.1) is 0 Å². The Morgan fingerprint density at radius 1 is 1.10 bits per heavy atom. The number of furan rings is 1. The number of rotatable bonds is 2. The summed E-state index contributed by atoms with van der Waals surface area (Å²) in [6, 6.07) is 12.3. The minimum atomic E-state index is -0.0669. The predicted octanol–water partition coefficient (Wildman–Crippen LogP) is 4.37. The first-order valence-corrected chi connectivity index (χ1v) is 7.18. The molecule has 1 amide bonds. The molecule has 1 aromatic heterocycles. The first-order chi connectivity index (χ1) is 10.0. The molecule has 0 N–H and O–H groups in total. The lowest BCUT2D eigenvalue weighted by molar-refractivity contribution is 0.0724. The largest absolute Gasteiger partial charge is 0.450 e. The van der Waals surface area contributed by atoms with Crippen molar-refractivity contribution in [3.8, 4) is 0 Å². The van der Waals surface area contributed by atoms with Crippen LogP contribution in [0.1, 0.15) is 30.0 Å². The molecular weight excluding hydrogens is 262 g/mol. The molecule has 0 bridgehead atoms. The van der Waals surface area contributed by atoms with Gasteiger partial charge in [0, 0.05) is 29.4 Å².